The number of hydrogen-bond acceptors (Lipinski definition) is 5. The third kappa shape index (κ3) is 2.65. The van der Waals surface area contributed by atoms with E-state index in [9.17, 15) is 14.9 Å². The third-order valence-corrected chi connectivity index (χ3v) is 6.98. The molecule has 0 radical (unpaired) electrons. The minimum Gasteiger partial charge on any atom is -0.384 e. The van der Waals surface area contributed by atoms with Crippen LogP contribution in [-0.2, 0) is 15.0 Å². The molecule has 1 amide bonds. The van der Waals surface area contributed by atoms with Crippen molar-refractivity contribution in [2.24, 2.45) is 5.73 Å². The molecule has 1 aliphatic carbocycles. The standard InChI is InChI=1S/C27H26N4O2/c1-3-15-30-21-12-7-5-10-18(21)27(26(30)33)19(16-28)25(29)31(20-11-6-4-9-17(20)2)22-13-8-14-23(32)24(22)27/h4-7,9-12H,3,8,13-15,29H2,1-2H3/t27-/m0/s1. The second-order valence-electron chi connectivity index (χ2n) is 8.82. The minimum absolute atomic E-state index is 0.0865. The van der Waals surface area contributed by atoms with Crippen LogP contribution in [0.2, 0.25) is 0 Å². The number of fused-ring (bicyclic) bond motifs is 3. The Labute approximate surface area is 193 Å². The van der Waals surface area contributed by atoms with Gasteiger partial charge in [0.05, 0.1) is 11.3 Å². The Morgan fingerprint density at radius 2 is 1.76 bits per heavy atom. The Hall–Kier alpha value is -3.85. The van der Waals surface area contributed by atoms with Crippen molar-refractivity contribution in [3.05, 3.63) is 82.3 Å². The lowest BCUT2D eigenvalue weighted by atomic mass is 9.63. The van der Waals surface area contributed by atoms with E-state index in [1.54, 1.807) is 4.90 Å². The van der Waals surface area contributed by atoms with Crippen LogP contribution < -0.4 is 15.5 Å². The zero-order valence-electron chi connectivity index (χ0n) is 18.9. The summed E-state index contributed by atoms with van der Waals surface area (Å²) < 4.78 is 0. The van der Waals surface area contributed by atoms with Crippen molar-refractivity contribution >= 4 is 23.1 Å². The number of Topliss-reactive ketones (excluding diaryl/α,β-unsaturated/α-hetero) is 1. The lowest BCUT2D eigenvalue weighted by Gasteiger charge is -2.44. The zero-order valence-corrected chi connectivity index (χ0v) is 18.9. The second-order valence-corrected chi connectivity index (χ2v) is 8.82. The molecule has 2 N–H and O–H groups in total. The lowest BCUT2D eigenvalue weighted by molar-refractivity contribution is -0.124. The van der Waals surface area contributed by atoms with Crippen LogP contribution >= 0.6 is 0 Å². The van der Waals surface area contributed by atoms with E-state index in [1.165, 1.54) is 0 Å². The van der Waals surface area contributed by atoms with E-state index in [0.717, 1.165) is 29.1 Å². The fraction of sp³-hybridized carbons (Fsp3) is 0.296. The SMILES string of the molecule is CCCN1C(=O)[C@]2(C(C#N)=C(N)N(c3ccccc3C)C3=C2C(=O)CCC3)c2ccccc21. The number of rotatable bonds is 3. The van der Waals surface area contributed by atoms with Gasteiger partial charge in [-0.2, -0.15) is 5.26 Å². The van der Waals surface area contributed by atoms with Gasteiger partial charge in [0.2, 0.25) is 5.91 Å². The maximum absolute atomic E-state index is 14.2. The second kappa shape index (κ2) is 7.63. The number of anilines is 2. The lowest BCUT2D eigenvalue weighted by Crippen LogP contribution is -2.52. The molecule has 6 heteroatoms. The molecular formula is C27H26N4O2. The van der Waals surface area contributed by atoms with Gasteiger partial charge >= 0.3 is 0 Å². The molecule has 6 nitrogen and oxygen atoms in total. The molecule has 3 aliphatic rings. The number of carbonyl (C=O) groups is 2. The van der Waals surface area contributed by atoms with Gasteiger partial charge in [-0.1, -0.05) is 43.3 Å². The van der Waals surface area contributed by atoms with Crippen LogP contribution in [-0.4, -0.2) is 18.2 Å². The van der Waals surface area contributed by atoms with E-state index in [1.807, 2.05) is 67.3 Å². The number of benzene rings is 2. The van der Waals surface area contributed by atoms with Crippen molar-refractivity contribution in [2.75, 3.05) is 16.3 Å². The molecule has 0 fully saturated rings. The summed E-state index contributed by atoms with van der Waals surface area (Å²) in [6.07, 6.45) is 2.40. The predicted molar refractivity (Wildman–Crippen MR) is 127 cm³/mol. The summed E-state index contributed by atoms with van der Waals surface area (Å²) in [5, 5.41) is 10.4. The number of carbonyl (C=O) groups excluding carboxylic acids is 2. The number of hydrogen-bond donors (Lipinski definition) is 1. The van der Waals surface area contributed by atoms with Crippen LogP contribution in [0.4, 0.5) is 11.4 Å². The molecule has 1 atom stereocenters. The van der Waals surface area contributed by atoms with Crippen molar-refractivity contribution in [1.29, 1.82) is 5.26 Å². The highest BCUT2D eigenvalue weighted by atomic mass is 16.2. The van der Waals surface area contributed by atoms with E-state index in [2.05, 4.69) is 6.07 Å². The number of nitriles is 1. The highest BCUT2D eigenvalue weighted by Crippen LogP contribution is 2.56. The Bertz CT molecular complexity index is 1300. The number of allylic oxidation sites excluding steroid dienone is 1. The summed E-state index contributed by atoms with van der Waals surface area (Å²) in [4.78, 5) is 31.4. The largest absolute Gasteiger partial charge is 0.384 e. The van der Waals surface area contributed by atoms with Crippen LogP contribution in [0.5, 0.6) is 0 Å². The predicted octanol–water partition coefficient (Wildman–Crippen LogP) is 4.21. The van der Waals surface area contributed by atoms with Gasteiger partial charge in [-0.05, 0) is 43.9 Å². The fourth-order valence-corrected chi connectivity index (χ4v) is 5.66. The normalized spacial score (nSPS) is 22.1. The number of nitrogens with two attached hydrogens (primary N) is 1. The molecule has 0 unspecified atom stereocenters. The first-order valence-corrected chi connectivity index (χ1v) is 11.4. The molecule has 0 aromatic heterocycles. The molecule has 33 heavy (non-hydrogen) atoms. The summed E-state index contributed by atoms with van der Waals surface area (Å²) in [6, 6.07) is 17.5. The molecule has 0 bridgehead atoms. The van der Waals surface area contributed by atoms with E-state index < -0.39 is 5.41 Å². The number of para-hydroxylation sites is 2. The van der Waals surface area contributed by atoms with Crippen LogP contribution in [0, 0.1) is 18.3 Å². The zero-order chi connectivity index (χ0) is 23.3. The first-order chi connectivity index (χ1) is 16.0. The van der Waals surface area contributed by atoms with E-state index >= 15 is 0 Å². The number of aryl methyl sites for hydroxylation is 1. The van der Waals surface area contributed by atoms with Crippen molar-refractivity contribution in [3.63, 3.8) is 0 Å². The summed E-state index contributed by atoms with van der Waals surface area (Å²) >= 11 is 0. The van der Waals surface area contributed by atoms with Gasteiger partial charge in [-0.25, -0.2) is 0 Å². The molecule has 1 spiro atoms. The first-order valence-electron chi connectivity index (χ1n) is 11.4. The molecule has 2 heterocycles. The Kier molecular flexibility index (Phi) is 4.86. The van der Waals surface area contributed by atoms with Crippen LogP contribution in [0.25, 0.3) is 0 Å². The fourth-order valence-electron chi connectivity index (χ4n) is 5.66. The van der Waals surface area contributed by atoms with E-state index in [-0.39, 0.29) is 23.1 Å². The highest BCUT2D eigenvalue weighted by Gasteiger charge is 2.62. The quantitative estimate of drug-likeness (QED) is 0.775. The summed E-state index contributed by atoms with van der Waals surface area (Å²) in [5.41, 5.74) is 9.77. The maximum atomic E-state index is 14.2. The number of nitrogens with zero attached hydrogens (tertiary/aromatic N) is 3. The van der Waals surface area contributed by atoms with Crippen molar-refractivity contribution in [2.45, 2.75) is 44.9 Å². The number of ketones is 1. The number of amides is 1. The van der Waals surface area contributed by atoms with Crippen molar-refractivity contribution in [3.8, 4) is 6.07 Å². The summed E-state index contributed by atoms with van der Waals surface area (Å²) in [6.45, 7) is 4.49. The Morgan fingerprint density at radius 3 is 2.45 bits per heavy atom. The molecule has 0 saturated carbocycles. The van der Waals surface area contributed by atoms with E-state index in [4.69, 9.17) is 5.73 Å². The Morgan fingerprint density at radius 1 is 1.06 bits per heavy atom. The van der Waals surface area contributed by atoms with Crippen LogP contribution in [0.3, 0.4) is 0 Å². The van der Waals surface area contributed by atoms with Gasteiger partial charge in [0.1, 0.15) is 17.3 Å². The van der Waals surface area contributed by atoms with Crippen LogP contribution in [0.15, 0.2) is 71.2 Å². The van der Waals surface area contributed by atoms with Crippen molar-refractivity contribution in [1.82, 2.24) is 0 Å². The van der Waals surface area contributed by atoms with Gasteiger partial charge in [-0.3, -0.25) is 14.5 Å². The van der Waals surface area contributed by atoms with Gasteiger partial charge in [0, 0.05) is 35.5 Å². The summed E-state index contributed by atoms with van der Waals surface area (Å²) in [7, 11) is 0. The molecular weight excluding hydrogens is 412 g/mol. The Balaban J connectivity index is 1.89. The minimum atomic E-state index is -1.49. The van der Waals surface area contributed by atoms with Gasteiger partial charge in [0.25, 0.3) is 0 Å². The monoisotopic (exact) mass is 438 g/mol. The molecule has 2 aliphatic heterocycles. The first kappa shape index (κ1) is 21.0. The van der Waals surface area contributed by atoms with Gasteiger partial charge < -0.3 is 10.6 Å². The third-order valence-electron chi connectivity index (χ3n) is 6.98. The maximum Gasteiger partial charge on any atom is 0.247 e. The smallest absolute Gasteiger partial charge is 0.247 e. The van der Waals surface area contributed by atoms with Gasteiger partial charge in [0.15, 0.2) is 5.78 Å². The molecule has 2 aromatic carbocycles. The molecule has 5 rings (SSSR count). The van der Waals surface area contributed by atoms with Gasteiger partial charge in [-0.15, -0.1) is 0 Å². The molecule has 2 aromatic rings. The average Bonchev–Trinajstić information content (AvgIpc) is 3.05. The van der Waals surface area contributed by atoms with Crippen LogP contribution in [0.1, 0.15) is 43.7 Å². The average molecular weight is 439 g/mol. The van der Waals surface area contributed by atoms with E-state index in [0.29, 0.717) is 36.9 Å². The summed E-state index contributed by atoms with van der Waals surface area (Å²) in [5.74, 6) is -0.115. The molecule has 166 valence electrons. The highest BCUT2D eigenvalue weighted by molar-refractivity contribution is 6.20. The molecule has 0 saturated heterocycles. The topological polar surface area (TPSA) is 90.4 Å². The van der Waals surface area contributed by atoms with Crippen molar-refractivity contribution < 1.29 is 9.59 Å².